The summed E-state index contributed by atoms with van der Waals surface area (Å²) in [5.74, 6) is 2.14. The number of hydrogen-bond acceptors (Lipinski definition) is 2. The predicted molar refractivity (Wildman–Crippen MR) is 70.9 cm³/mol. The van der Waals surface area contributed by atoms with E-state index < -0.39 is 0 Å². The highest BCUT2D eigenvalue weighted by Gasteiger charge is 2.17. The molecule has 0 spiro atoms. The first kappa shape index (κ1) is 12.4. The minimum atomic E-state index is 0.357. The molecule has 2 N–H and O–H groups in total. The lowest BCUT2D eigenvalue weighted by Crippen LogP contribution is -2.25. The molecule has 0 amide bonds. The number of rotatable bonds is 4. The Kier molecular flexibility index (Phi) is 4.43. The molecule has 1 fully saturated rings. The van der Waals surface area contributed by atoms with E-state index in [4.69, 9.17) is 0 Å². The maximum absolute atomic E-state index is 9.36. The molecule has 1 aliphatic carbocycles. The average molecular weight is 233 g/mol. The highest BCUT2D eigenvalue weighted by atomic mass is 16.3. The zero-order valence-electron chi connectivity index (χ0n) is 10.7. The van der Waals surface area contributed by atoms with Gasteiger partial charge < -0.3 is 10.4 Å². The fourth-order valence-corrected chi connectivity index (χ4v) is 2.62. The molecule has 1 aromatic rings. The van der Waals surface area contributed by atoms with Gasteiger partial charge in [-0.25, -0.2) is 0 Å². The van der Waals surface area contributed by atoms with Gasteiger partial charge in [-0.3, -0.25) is 0 Å². The molecule has 0 atom stereocenters. The van der Waals surface area contributed by atoms with Crippen molar-refractivity contribution in [3.63, 3.8) is 0 Å². The summed E-state index contributed by atoms with van der Waals surface area (Å²) in [6, 6.07) is 7.49. The third-order valence-corrected chi connectivity index (χ3v) is 3.81. The molecule has 1 saturated carbocycles. The lowest BCUT2D eigenvalue weighted by molar-refractivity contribution is 0.281. The van der Waals surface area contributed by atoms with Crippen molar-refractivity contribution in [2.75, 3.05) is 6.54 Å². The van der Waals surface area contributed by atoms with Crippen molar-refractivity contribution in [1.29, 1.82) is 0 Å². The Morgan fingerprint density at radius 2 is 2.00 bits per heavy atom. The van der Waals surface area contributed by atoms with Crippen LogP contribution in [0.1, 0.15) is 38.2 Å². The molecule has 0 radical (unpaired) electrons. The molecular formula is C15H23NO. The maximum Gasteiger partial charge on any atom is 0.115 e. The minimum absolute atomic E-state index is 0.357. The molecule has 0 unspecified atom stereocenters. The number of phenolic OH excluding ortho intramolecular Hbond substituents is 1. The van der Waals surface area contributed by atoms with Gasteiger partial charge in [-0.15, -0.1) is 0 Å². The monoisotopic (exact) mass is 233 g/mol. The third-order valence-electron chi connectivity index (χ3n) is 3.81. The van der Waals surface area contributed by atoms with Crippen LogP contribution in [0.15, 0.2) is 24.3 Å². The summed E-state index contributed by atoms with van der Waals surface area (Å²) < 4.78 is 0. The van der Waals surface area contributed by atoms with Gasteiger partial charge in [0.15, 0.2) is 0 Å². The molecule has 94 valence electrons. The summed E-state index contributed by atoms with van der Waals surface area (Å²) >= 11 is 0. The van der Waals surface area contributed by atoms with Crippen molar-refractivity contribution in [1.82, 2.24) is 5.32 Å². The second-order valence-corrected chi connectivity index (χ2v) is 5.43. The van der Waals surface area contributed by atoms with E-state index in [2.05, 4.69) is 18.3 Å². The van der Waals surface area contributed by atoms with Gasteiger partial charge in [-0.05, 0) is 48.9 Å². The quantitative estimate of drug-likeness (QED) is 0.836. The normalized spacial score (nSPS) is 24.8. The predicted octanol–water partition coefficient (Wildman–Crippen LogP) is 3.31. The van der Waals surface area contributed by atoms with Crippen LogP contribution >= 0.6 is 0 Å². The zero-order chi connectivity index (χ0) is 12.1. The van der Waals surface area contributed by atoms with Crippen LogP contribution in [0.2, 0.25) is 0 Å². The number of aromatic hydroxyl groups is 1. The van der Waals surface area contributed by atoms with Crippen molar-refractivity contribution in [3.8, 4) is 5.75 Å². The van der Waals surface area contributed by atoms with Gasteiger partial charge >= 0.3 is 0 Å². The first-order chi connectivity index (χ1) is 8.24. The summed E-state index contributed by atoms with van der Waals surface area (Å²) in [5, 5.41) is 12.9. The smallest absolute Gasteiger partial charge is 0.115 e. The molecule has 0 saturated heterocycles. The lowest BCUT2D eigenvalue weighted by atomic mass is 9.83. The van der Waals surface area contributed by atoms with Crippen molar-refractivity contribution in [2.24, 2.45) is 11.8 Å². The van der Waals surface area contributed by atoms with Crippen molar-refractivity contribution in [2.45, 2.75) is 39.2 Å². The number of hydrogen-bond donors (Lipinski definition) is 2. The van der Waals surface area contributed by atoms with Crippen LogP contribution in [0.4, 0.5) is 0 Å². The van der Waals surface area contributed by atoms with E-state index in [0.717, 1.165) is 30.5 Å². The summed E-state index contributed by atoms with van der Waals surface area (Å²) in [7, 11) is 0. The molecule has 1 aromatic carbocycles. The first-order valence-corrected chi connectivity index (χ1v) is 6.72. The largest absolute Gasteiger partial charge is 0.508 e. The molecule has 2 rings (SSSR count). The van der Waals surface area contributed by atoms with Crippen LogP contribution in [0.3, 0.4) is 0 Å². The van der Waals surface area contributed by atoms with Gasteiger partial charge in [0.1, 0.15) is 5.75 Å². The summed E-state index contributed by atoms with van der Waals surface area (Å²) in [4.78, 5) is 0. The van der Waals surface area contributed by atoms with Crippen LogP contribution < -0.4 is 5.32 Å². The molecule has 0 bridgehead atoms. The fourth-order valence-electron chi connectivity index (χ4n) is 2.62. The van der Waals surface area contributed by atoms with Gasteiger partial charge in [0, 0.05) is 6.54 Å². The van der Waals surface area contributed by atoms with Gasteiger partial charge in [0.05, 0.1) is 0 Å². The Hall–Kier alpha value is -1.02. The highest BCUT2D eigenvalue weighted by molar-refractivity contribution is 5.26. The zero-order valence-corrected chi connectivity index (χ0v) is 10.7. The summed E-state index contributed by atoms with van der Waals surface area (Å²) in [6.45, 7) is 4.33. The second-order valence-electron chi connectivity index (χ2n) is 5.43. The minimum Gasteiger partial charge on any atom is -0.508 e. The molecule has 0 aliphatic heterocycles. The molecule has 0 heterocycles. The lowest BCUT2D eigenvalue weighted by Gasteiger charge is -2.26. The molecule has 0 aromatic heterocycles. The molecule has 17 heavy (non-hydrogen) atoms. The number of nitrogens with one attached hydrogen (secondary N) is 1. The van der Waals surface area contributed by atoms with Crippen LogP contribution in [0.5, 0.6) is 5.75 Å². The first-order valence-electron chi connectivity index (χ1n) is 6.72. The molecular weight excluding hydrogens is 210 g/mol. The Bertz CT molecular complexity index is 343. The third kappa shape index (κ3) is 4.04. The Labute approximate surface area is 104 Å². The SMILES string of the molecule is CC1CCC(CNCc2cccc(O)c2)CC1. The standard InChI is InChI=1S/C15H23NO/c1-12-5-7-13(8-6-12)10-16-11-14-3-2-4-15(17)9-14/h2-4,9,12-13,16-17H,5-8,10-11H2,1H3. The molecule has 1 aliphatic rings. The van der Waals surface area contributed by atoms with E-state index in [1.54, 1.807) is 6.07 Å². The van der Waals surface area contributed by atoms with Crippen LogP contribution in [0, 0.1) is 11.8 Å². The van der Waals surface area contributed by atoms with E-state index >= 15 is 0 Å². The van der Waals surface area contributed by atoms with Gasteiger partial charge in [0.25, 0.3) is 0 Å². The van der Waals surface area contributed by atoms with Crippen LogP contribution in [-0.2, 0) is 6.54 Å². The fraction of sp³-hybridized carbons (Fsp3) is 0.600. The second kappa shape index (κ2) is 6.06. The number of phenols is 1. The molecule has 2 heteroatoms. The summed E-state index contributed by atoms with van der Waals surface area (Å²) in [5.41, 5.74) is 1.16. The highest BCUT2D eigenvalue weighted by Crippen LogP contribution is 2.27. The summed E-state index contributed by atoms with van der Waals surface area (Å²) in [6.07, 6.45) is 5.51. The topological polar surface area (TPSA) is 32.3 Å². The number of benzene rings is 1. The van der Waals surface area contributed by atoms with Gasteiger partial charge in [-0.1, -0.05) is 31.9 Å². The van der Waals surface area contributed by atoms with E-state index in [1.807, 2.05) is 12.1 Å². The van der Waals surface area contributed by atoms with Crippen LogP contribution in [0.25, 0.3) is 0 Å². The van der Waals surface area contributed by atoms with Crippen LogP contribution in [-0.4, -0.2) is 11.7 Å². The van der Waals surface area contributed by atoms with E-state index in [9.17, 15) is 5.11 Å². The molecule has 2 nitrogen and oxygen atoms in total. The Morgan fingerprint density at radius 3 is 2.71 bits per heavy atom. The van der Waals surface area contributed by atoms with Gasteiger partial charge in [-0.2, -0.15) is 0 Å². The van der Waals surface area contributed by atoms with E-state index in [1.165, 1.54) is 25.7 Å². The van der Waals surface area contributed by atoms with E-state index in [-0.39, 0.29) is 0 Å². The van der Waals surface area contributed by atoms with E-state index in [0.29, 0.717) is 5.75 Å². The maximum atomic E-state index is 9.36. The Morgan fingerprint density at radius 1 is 1.24 bits per heavy atom. The van der Waals surface area contributed by atoms with Crippen molar-refractivity contribution < 1.29 is 5.11 Å². The average Bonchev–Trinajstić information content (AvgIpc) is 2.32. The van der Waals surface area contributed by atoms with Crippen molar-refractivity contribution >= 4 is 0 Å². The van der Waals surface area contributed by atoms with Crippen molar-refractivity contribution in [3.05, 3.63) is 29.8 Å². The Balaban J connectivity index is 1.69. The van der Waals surface area contributed by atoms with Gasteiger partial charge in [0.2, 0.25) is 0 Å².